The number of halogens is 1. The highest BCUT2D eigenvalue weighted by Gasteiger charge is 2.13. The molecule has 0 aliphatic carbocycles. The highest BCUT2D eigenvalue weighted by molar-refractivity contribution is 6.34. The first-order valence-electron chi connectivity index (χ1n) is 6.73. The zero-order valence-corrected chi connectivity index (χ0v) is 12.7. The van der Waals surface area contributed by atoms with Gasteiger partial charge in [-0.1, -0.05) is 18.5 Å². The lowest BCUT2D eigenvalue weighted by molar-refractivity contribution is 0.102. The molecule has 0 spiro atoms. The second kappa shape index (κ2) is 7.04. The number of pyridine rings is 2. The van der Waals surface area contributed by atoms with Crippen molar-refractivity contribution < 1.29 is 4.79 Å². The Morgan fingerprint density at radius 3 is 2.81 bits per heavy atom. The third-order valence-electron chi connectivity index (χ3n) is 2.81. The van der Waals surface area contributed by atoms with E-state index in [0.717, 1.165) is 18.5 Å². The maximum atomic E-state index is 12.3. The molecule has 21 heavy (non-hydrogen) atoms. The Morgan fingerprint density at radius 2 is 2.10 bits per heavy atom. The summed E-state index contributed by atoms with van der Waals surface area (Å²) in [6.45, 7) is 4.78. The number of nitrogens with one attached hydrogen (secondary N) is 2. The Labute approximate surface area is 128 Å². The molecule has 2 aromatic rings. The van der Waals surface area contributed by atoms with E-state index in [1.54, 1.807) is 18.3 Å². The molecule has 0 fully saturated rings. The molecular weight excluding hydrogens is 288 g/mol. The average molecular weight is 305 g/mol. The van der Waals surface area contributed by atoms with E-state index in [1.807, 2.05) is 13.0 Å². The van der Waals surface area contributed by atoms with Crippen LogP contribution in [-0.4, -0.2) is 22.4 Å². The Morgan fingerprint density at radius 1 is 1.29 bits per heavy atom. The summed E-state index contributed by atoms with van der Waals surface area (Å²) in [6, 6.07) is 5.30. The minimum absolute atomic E-state index is 0.306. The van der Waals surface area contributed by atoms with Crippen LogP contribution in [0.1, 0.15) is 29.3 Å². The Balaban J connectivity index is 2.18. The minimum Gasteiger partial charge on any atom is -0.370 e. The third kappa shape index (κ3) is 4.16. The summed E-state index contributed by atoms with van der Waals surface area (Å²) >= 11 is 6.05. The lowest BCUT2D eigenvalue weighted by Crippen LogP contribution is -2.14. The van der Waals surface area contributed by atoms with Gasteiger partial charge in [0.1, 0.15) is 11.6 Å². The highest BCUT2D eigenvalue weighted by atomic mass is 35.5. The van der Waals surface area contributed by atoms with Gasteiger partial charge in [0.25, 0.3) is 5.91 Å². The number of hydrogen-bond acceptors (Lipinski definition) is 4. The second-order valence-electron chi connectivity index (χ2n) is 4.65. The number of hydrogen-bond donors (Lipinski definition) is 2. The number of aromatic nitrogens is 2. The van der Waals surface area contributed by atoms with Gasteiger partial charge >= 0.3 is 0 Å². The van der Waals surface area contributed by atoms with Crippen LogP contribution < -0.4 is 10.6 Å². The lowest BCUT2D eigenvalue weighted by Gasteiger charge is -2.09. The number of carbonyl (C=O) groups is 1. The zero-order valence-electron chi connectivity index (χ0n) is 12.0. The van der Waals surface area contributed by atoms with Gasteiger partial charge < -0.3 is 10.6 Å². The maximum Gasteiger partial charge on any atom is 0.258 e. The maximum absolute atomic E-state index is 12.3. The van der Waals surface area contributed by atoms with Gasteiger partial charge in [-0.05, 0) is 37.1 Å². The van der Waals surface area contributed by atoms with Gasteiger partial charge in [0.05, 0.1) is 10.6 Å². The highest BCUT2D eigenvalue weighted by Crippen LogP contribution is 2.19. The SMILES string of the molecule is CCCNc1cc(C(=O)Nc2cc(C)ccn2)c(Cl)cn1. The number of rotatable bonds is 5. The van der Waals surface area contributed by atoms with Crippen molar-refractivity contribution in [1.82, 2.24) is 9.97 Å². The molecule has 0 aromatic carbocycles. The molecule has 110 valence electrons. The van der Waals surface area contributed by atoms with Gasteiger partial charge in [0.2, 0.25) is 0 Å². The van der Waals surface area contributed by atoms with Crippen LogP contribution in [0.3, 0.4) is 0 Å². The number of amides is 1. The van der Waals surface area contributed by atoms with Crippen LogP contribution in [0.15, 0.2) is 30.6 Å². The molecule has 0 aliphatic heterocycles. The number of nitrogens with zero attached hydrogens (tertiary/aromatic N) is 2. The molecule has 0 unspecified atom stereocenters. The first-order valence-corrected chi connectivity index (χ1v) is 7.11. The van der Waals surface area contributed by atoms with Crippen molar-refractivity contribution in [2.45, 2.75) is 20.3 Å². The fourth-order valence-corrected chi connectivity index (χ4v) is 1.94. The van der Waals surface area contributed by atoms with Crippen LogP contribution in [0.2, 0.25) is 5.02 Å². The van der Waals surface area contributed by atoms with Crippen molar-refractivity contribution in [3.05, 3.63) is 46.7 Å². The van der Waals surface area contributed by atoms with E-state index in [4.69, 9.17) is 11.6 Å². The van der Waals surface area contributed by atoms with Crippen LogP contribution in [0.4, 0.5) is 11.6 Å². The first kappa shape index (κ1) is 15.3. The number of anilines is 2. The summed E-state index contributed by atoms with van der Waals surface area (Å²) in [4.78, 5) is 20.5. The lowest BCUT2D eigenvalue weighted by atomic mass is 10.2. The molecule has 2 aromatic heterocycles. The normalized spacial score (nSPS) is 10.2. The average Bonchev–Trinajstić information content (AvgIpc) is 2.46. The van der Waals surface area contributed by atoms with E-state index in [2.05, 4.69) is 27.5 Å². The quantitative estimate of drug-likeness (QED) is 0.887. The van der Waals surface area contributed by atoms with Gasteiger partial charge in [-0.25, -0.2) is 9.97 Å². The molecule has 5 nitrogen and oxygen atoms in total. The fourth-order valence-electron chi connectivity index (χ4n) is 1.75. The summed E-state index contributed by atoms with van der Waals surface area (Å²) < 4.78 is 0. The predicted octanol–water partition coefficient (Wildman–Crippen LogP) is 3.51. The molecule has 2 N–H and O–H groups in total. The number of carbonyl (C=O) groups excluding carboxylic acids is 1. The molecule has 0 bridgehead atoms. The first-order chi connectivity index (χ1) is 10.1. The molecular formula is C15H17ClN4O. The van der Waals surface area contributed by atoms with Crippen LogP contribution in [0.5, 0.6) is 0 Å². The summed E-state index contributed by atoms with van der Waals surface area (Å²) in [5, 5.41) is 6.17. The van der Waals surface area contributed by atoms with Crippen molar-refractivity contribution in [1.29, 1.82) is 0 Å². The standard InChI is InChI=1S/C15H17ClN4O/c1-3-5-17-13-8-11(12(16)9-19-13)15(21)20-14-7-10(2)4-6-18-14/h4,6-9H,3,5H2,1-2H3,(H,17,19)(H,18,20,21). The second-order valence-corrected chi connectivity index (χ2v) is 5.06. The molecule has 6 heteroatoms. The molecule has 1 amide bonds. The Hall–Kier alpha value is -2.14. The van der Waals surface area contributed by atoms with E-state index in [1.165, 1.54) is 6.20 Å². The summed E-state index contributed by atoms with van der Waals surface area (Å²) in [6.07, 6.45) is 4.09. The Bertz CT molecular complexity index is 645. The molecule has 0 saturated heterocycles. The van der Waals surface area contributed by atoms with Crippen molar-refractivity contribution in [2.75, 3.05) is 17.2 Å². The van der Waals surface area contributed by atoms with Crippen LogP contribution in [-0.2, 0) is 0 Å². The topological polar surface area (TPSA) is 66.9 Å². The molecule has 2 rings (SSSR count). The minimum atomic E-state index is -0.306. The van der Waals surface area contributed by atoms with E-state index in [0.29, 0.717) is 22.2 Å². The molecule has 0 aliphatic rings. The van der Waals surface area contributed by atoms with E-state index in [-0.39, 0.29) is 5.91 Å². The van der Waals surface area contributed by atoms with Crippen LogP contribution in [0, 0.1) is 6.92 Å². The van der Waals surface area contributed by atoms with Crippen molar-refractivity contribution in [3.8, 4) is 0 Å². The zero-order chi connectivity index (χ0) is 15.2. The molecule has 0 saturated carbocycles. The van der Waals surface area contributed by atoms with E-state index in [9.17, 15) is 4.79 Å². The Kier molecular flexibility index (Phi) is 5.11. The van der Waals surface area contributed by atoms with Gasteiger partial charge in [0.15, 0.2) is 0 Å². The molecule has 0 atom stereocenters. The monoisotopic (exact) mass is 304 g/mol. The largest absolute Gasteiger partial charge is 0.370 e. The molecule has 2 heterocycles. The number of aryl methyl sites for hydroxylation is 1. The predicted molar refractivity (Wildman–Crippen MR) is 85.0 cm³/mol. The van der Waals surface area contributed by atoms with Gasteiger partial charge in [-0.15, -0.1) is 0 Å². The molecule has 0 radical (unpaired) electrons. The third-order valence-corrected chi connectivity index (χ3v) is 3.11. The van der Waals surface area contributed by atoms with Gasteiger partial charge in [0, 0.05) is 18.9 Å². The summed E-state index contributed by atoms with van der Waals surface area (Å²) in [5.41, 5.74) is 1.39. The summed E-state index contributed by atoms with van der Waals surface area (Å²) in [7, 11) is 0. The van der Waals surface area contributed by atoms with Crippen LogP contribution in [0.25, 0.3) is 0 Å². The van der Waals surface area contributed by atoms with Crippen molar-refractivity contribution in [2.24, 2.45) is 0 Å². The van der Waals surface area contributed by atoms with Gasteiger partial charge in [-0.3, -0.25) is 4.79 Å². The van der Waals surface area contributed by atoms with Crippen LogP contribution >= 0.6 is 11.6 Å². The van der Waals surface area contributed by atoms with Gasteiger partial charge in [-0.2, -0.15) is 0 Å². The van der Waals surface area contributed by atoms with E-state index >= 15 is 0 Å². The van der Waals surface area contributed by atoms with E-state index < -0.39 is 0 Å². The van der Waals surface area contributed by atoms with Crippen molar-refractivity contribution >= 4 is 29.1 Å². The smallest absolute Gasteiger partial charge is 0.258 e. The fraction of sp³-hybridized carbons (Fsp3) is 0.267. The summed E-state index contributed by atoms with van der Waals surface area (Å²) in [5.74, 6) is 0.819. The van der Waals surface area contributed by atoms with Crippen molar-refractivity contribution in [3.63, 3.8) is 0 Å².